The quantitative estimate of drug-likeness (QED) is 0.875. The Balaban J connectivity index is 1.46. The number of aromatic nitrogens is 2. The summed E-state index contributed by atoms with van der Waals surface area (Å²) in [5, 5.41) is 7.13. The minimum Gasteiger partial charge on any atom is -0.352 e. The summed E-state index contributed by atoms with van der Waals surface area (Å²) in [4.78, 5) is 21.5. The molecule has 7 nitrogen and oxygen atoms in total. The highest BCUT2D eigenvalue weighted by molar-refractivity contribution is 5.81. The number of hydrogen-bond donors (Lipinski definition) is 1. The van der Waals surface area contributed by atoms with E-state index in [1.54, 1.807) is 0 Å². The largest absolute Gasteiger partial charge is 0.352 e. The van der Waals surface area contributed by atoms with E-state index in [0.29, 0.717) is 17.8 Å². The lowest BCUT2D eigenvalue weighted by atomic mass is 9.95. The Bertz CT molecular complexity index is 562. The molecule has 1 aliphatic carbocycles. The predicted octanol–water partition coefficient (Wildman–Crippen LogP) is 1.89. The lowest BCUT2D eigenvalue weighted by Gasteiger charge is -2.39. The number of piperazine rings is 1. The number of aryl methyl sites for hydroxylation is 1. The van der Waals surface area contributed by atoms with Crippen molar-refractivity contribution < 1.29 is 9.32 Å². The van der Waals surface area contributed by atoms with Gasteiger partial charge >= 0.3 is 0 Å². The van der Waals surface area contributed by atoms with E-state index in [-0.39, 0.29) is 18.0 Å². The Morgan fingerprint density at radius 1 is 1.12 bits per heavy atom. The zero-order valence-electron chi connectivity index (χ0n) is 15.7. The molecule has 3 rings (SSSR count). The van der Waals surface area contributed by atoms with Gasteiger partial charge in [0.25, 0.3) is 0 Å². The number of hydrogen-bond acceptors (Lipinski definition) is 6. The molecule has 140 valence electrons. The first-order valence-electron chi connectivity index (χ1n) is 9.63. The minimum absolute atomic E-state index is 0.0648. The normalized spacial score (nSPS) is 23.3. The van der Waals surface area contributed by atoms with Crippen LogP contribution in [0, 0.1) is 6.92 Å². The molecule has 1 amide bonds. The third-order valence-electron chi connectivity index (χ3n) is 5.68. The SMILES string of the molecule is Cc1noc(C(C)N2CCN(C(C)C(=O)NC3CCCCC3)CC2)n1. The Labute approximate surface area is 150 Å². The first-order valence-corrected chi connectivity index (χ1v) is 9.63. The van der Waals surface area contributed by atoms with E-state index in [2.05, 4.69) is 32.2 Å². The van der Waals surface area contributed by atoms with Crippen molar-refractivity contribution in [3.8, 4) is 0 Å². The zero-order chi connectivity index (χ0) is 17.8. The maximum atomic E-state index is 12.6. The van der Waals surface area contributed by atoms with Gasteiger partial charge in [0.05, 0.1) is 12.1 Å². The van der Waals surface area contributed by atoms with Gasteiger partial charge in [-0.2, -0.15) is 4.98 Å². The van der Waals surface area contributed by atoms with Crippen molar-refractivity contribution in [2.24, 2.45) is 0 Å². The number of carbonyl (C=O) groups excluding carboxylic acids is 1. The third kappa shape index (κ3) is 4.58. The van der Waals surface area contributed by atoms with Crippen LogP contribution in [-0.4, -0.2) is 64.1 Å². The van der Waals surface area contributed by atoms with Gasteiger partial charge in [-0.25, -0.2) is 0 Å². The van der Waals surface area contributed by atoms with E-state index in [9.17, 15) is 4.79 Å². The molecule has 1 aromatic rings. The zero-order valence-corrected chi connectivity index (χ0v) is 15.7. The van der Waals surface area contributed by atoms with Gasteiger partial charge in [-0.3, -0.25) is 14.6 Å². The fourth-order valence-corrected chi connectivity index (χ4v) is 3.89. The van der Waals surface area contributed by atoms with Crippen LogP contribution in [0.2, 0.25) is 0 Å². The van der Waals surface area contributed by atoms with Crippen LogP contribution in [0.3, 0.4) is 0 Å². The second-order valence-corrected chi connectivity index (χ2v) is 7.45. The highest BCUT2D eigenvalue weighted by atomic mass is 16.5. The van der Waals surface area contributed by atoms with Crippen molar-refractivity contribution in [2.75, 3.05) is 26.2 Å². The summed E-state index contributed by atoms with van der Waals surface area (Å²) in [5.41, 5.74) is 0. The van der Waals surface area contributed by atoms with Crippen molar-refractivity contribution in [3.05, 3.63) is 11.7 Å². The van der Waals surface area contributed by atoms with Crippen molar-refractivity contribution in [3.63, 3.8) is 0 Å². The number of nitrogens with zero attached hydrogens (tertiary/aromatic N) is 4. The molecule has 2 aliphatic rings. The molecule has 0 aromatic carbocycles. The number of amides is 1. The summed E-state index contributed by atoms with van der Waals surface area (Å²) < 4.78 is 5.30. The van der Waals surface area contributed by atoms with Gasteiger partial charge in [-0.05, 0) is 33.6 Å². The van der Waals surface area contributed by atoms with Crippen molar-refractivity contribution in [1.29, 1.82) is 0 Å². The summed E-state index contributed by atoms with van der Waals surface area (Å²) in [6.07, 6.45) is 6.05. The molecule has 2 atom stereocenters. The molecular weight excluding hydrogens is 318 g/mol. The molecule has 0 spiro atoms. The van der Waals surface area contributed by atoms with E-state index in [1.807, 2.05) is 13.8 Å². The molecule has 7 heteroatoms. The van der Waals surface area contributed by atoms with E-state index in [1.165, 1.54) is 19.3 Å². The Kier molecular flexibility index (Phi) is 6.06. The smallest absolute Gasteiger partial charge is 0.243 e. The van der Waals surface area contributed by atoms with Gasteiger partial charge in [0.1, 0.15) is 0 Å². The number of carbonyl (C=O) groups is 1. The third-order valence-corrected chi connectivity index (χ3v) is 5.68. The second kappa shape index (κ2) is 8.27. The second-order valence-electron chi connectivity index (χ2n) is 7.45. The molecule has 0 radical (unpaired) electrons. The van der Waals surface area contributed by atoms with Gasteiger partial charge in [0.2, 0.25) is 11.8 Å². The van der Waals surface area contributed by atoms with Crippen LogP contribution < -0.4 is 5.32 Å². The fourth-order valence-electron chi connectivity index (χ4n) is 3.89. The van der Waals surface area contributed by atoms with E-state index >= 15 is 0 Å². The van der Waals surface area contributed by atoms with Gasteiger partial charge in [0.15, 0.2) is 5.82 Å². The molecule has 2 fully saturated rings. The molecule has 1 aliphatic heterocycles. The monoisotopic (exact) mass is 349 g/mol. The Hall–Kier alpha value is -1.47. The van der Waals surface area contributed by atoms with Gasteiger partial charge in [-0.15, -0.1) is 0 Å². The van der Waals surface area contributed by atoms with E-state index in [0.717, 1.165) is 39.0 Å². The van der Waals surface area contributed by atoms with Gasteiger partial charge < -0.3 is 9.84 Å². The summed E-state index contributed by atoms with van der Waals surface area (Å²) in [6.45, 7) is 9.55. The van der Waals surface area contributed by atoms with Gasteiger partial charge in [0, 0.05) is 32.2 Å². The van der Waals surface area contributed by atoms with E-state index in [4.69, 9.17) is 4.52 Å². The van der Waals surface area contributed by atoms with Crippen LogP contribution in [0.4, 0.5) is 0 Å². The average Bonchev–Trinajstić information content (AvgIpc) is 3.08. The molecule has 1 saturated carbocycles. The first-order chi connectivity index (χ1) is 12.0. The molecule has 2 unspecified atom stereocenters. The number of nitrogens with one attached hydrogen (secondary N) is 1. The standard InChI is InChI=1S/C18H31N5O2/c1-13(17(24)20-16-7-5-4-6-8-16)22-9-11-23(12-10-22)14(2)18-19-15(3)21-25-18/h13-14,16H,4-12H2,1-3H3,(H,20,24). The number of rotatable bonds is 5. The first kappa shape index (κ1) is 18.3. The highest BCUT2D eigenvalue weighted by Gasteiger charge is 2.30. The van der Waals surface area contributed by atoms with Crippen LogP contribution in [-0.2, 0) is 4.79 Å². The van der Waals surface area contributed by atoms with Crippen LogP contribution >= 0.6 is 0 Å². The van der Waals surface area contributed by atoms with Crippen LogP contribution in [0.15, 0.2) is 4.52 Å². The summed E-state index contributed by atoms with van der Waals surface area (Å²) in [5.74, 6) is 1.53. The molecule has 1 N–H and O–H groups in total. The van der Waals surface area contributed by atoms with Crippen LogP contribution in [0.1, 0.15) is 63.7 Å². The van der Waals surface area contributed by atoms with Gasteiger partial charge in [-0.1, -0.05) is 24.4 Å². The lowest BCUT2D eigenvalue weighted by molar-refractivity contribution is -0.127. The highest BCUT2D eigenvalue weighted by Crippen LogP contribution is 2.21. The average molecular weight is 349 g/mol. The Morgan fingerprint density at radius 3 is 2.36 bits per heavy atom. The van der Waals surface area contributed by atoms with Crippen LogP contribution in [0.5, 0.6) is 0 Å². The van der Waals surface area contributed by atoms with Crippen molar-refractivity contribution in [1.82, 2.24) is 25.3 Å². The maximum Gasteiger partial charge on any atom is 0.243 e. The van der Waals surface area contributed by atoms with E-state index < -0.39 is 0 Å². The summed E-state index contributed by atoms with van der Waals surface area (Å²) >= 11 is 0. The molecule has 1 saturated heterocycles. The molecule has 2 heterocycles. The van der Waals surface area contributed by atoms with Crippen LogP contribution in [0.25, 0.3) is 0 Å². The minimum atomic E-state index is -0.0648. The fraction of sp³-hybridized carbons (Fsp3) is 0.833. The van der Waals surface area contributed by atoms with Crippen molar-refractivity contribution >= 4 is 5.91 Å². The summed E-state index contributed by atoms with van der Waals surface area (Å²) in [6, 6.07) is 0.436. The topological polar surface area (TPSA) is 74.5 Å². The molecule has 0 bridgehead atoms. The Morgan fingerprint density at radius 2 is 1.76 bits per heavy atom. The van der Waals surface area contributed by atoms with Crippen molar-refractivity contribution in [2.45, 2.75) is 71.0 Å². The lowest BCUT2D eigenvalue weighted by Crippen LogP contribution is -2.55. The summed E-state index contributed by atoms with van der Waals surface area (Å²) in [7, 11) is 0. The molecule has 25 heavy (non-hydrogen) atoms. The molecular formula is C18H31N5O2. The maximum absolute atomic E-state index is 12.6. The molecule has 1 aromatic heterocycles. The predicted molar refractivity (Wildman–Crippen MR) is 95.1 cm³/mol.